The molecule has 18 heavy (non-hydrogen) atoms. The van der Waals surface area contributed by atoms with E-state index >= 15 is 0 Å². The van der Waals surface area contributed by atoms with Crippen molar-refractivity contribution >= 4 is 34.5 Å². The molecule has 0 aromatic rings. The number of alkyl halides is 1. The minimum absolute atomic E-state index is 0.196. The van der Waals surface area contributed by atoms with Gasteiger partial charge in [-0.15, -0.1) is 0 Å². The van der Waals surface area contributed by atoms with Crippen LogP contribution >= 0.6 is 22.6 Å². The van der Waals surface area contributed by atoms with Crippen molar-refractivity contribution in [1.29, 1.82) is 0 Å². The molecule has 4 rings (SSSR count). The maximum Gasteiger partial charge on any atom is 0.316 e. The third kappa shape index (κ3) is 1.85. The fourth-order valence-corrected chi connectivity index (χ4v) is 4.97. The molecule has 0 amide bonds. The van der Waals surface area contributed by atoms with Gasteiger partial charge in [0, 0.05) is 6.42 Å². The van der Waals surface area contributed by atoms with Crippen molar-refractivity contribution in [3.63, 3.8) is 0 Å². The molecule has 0 saturated heterocycles. The lowest BCUT2D eigenvalue weighted by Gasteiger charge is -2.59. The number of hydrogen-bond acceptors (Lipinski definition) is 3. The average Bonchev–Trinajstić information content (AvgIpc) is 2.26. The summed E-state index contributed by atoms with van der Waals surface area (Å²) in [7, 11) is 0. The smallest absolute Gasteiger partial charge is 0.316 e. The Morgan fingerprint density at radius 3 is 2.33 bits per heavy atom. The molecule has 4 aliphatic carbocycles. The van der Waals surface area contributed by atoms with Gasteiger partial charge in [0.2, 0.25) is 0 Å². The molecule has 4 aliphatic rings. The molecular formula is C13H17IO4. The Morgan fingerprint density at radius 1 is 1.22 bits per heavy atom. The molecule has 4 bridgehead atoms. The summed E-state index contributed by atoms with van der Waals surface area (Å²) in [6.45, 7) is 0. The molecule has 0 aromatic carbocycles. The molecule has 4 nitrogen and oxygen atoms in total. The van der Waals surface area contributed by atoms with Crippen LogP contribution in [0.3, 0.4) is 0 Å². The molecule has 100 valence electrons. The van der Waals surface area contributed by atoms with Gasteiger partial charge in [-0.25, -0.2) is 0 Å². The summed E-state index contributed by atoms with van der Waals surface area (Å²) < 4.78 is 6.01. The maximum absolute atomic E-state index is 11.6. The van der Waals surface area contributed by atoms with Crippen molar-refractivity contribution in [3.8, 4) is 0 Å². The minimum atomic E-state index is -0.688. The van der Waals surface area contributed by atoms with E-state index in [1.54, 1.807) is 0 Å². The highest BCUT2D eigenvalue weighted by Crippen LogP contribution is 2.62. The number of aliphatic carboxylic acids is 1. The zero-order valence-electron chi connectivity index (χ0n) is 10.2. The highest BCUT2D eigenvalue weighted by atomic mass is 127. The first-order chi connectivity index (χ1) is 8.47. The van der Waals surface area contributed by atoms with Gasteiger partial charge in [-0.05, 0) is 43.9 Å². The van der Waals surface area contributed by atoms with Crippen LogP contribution in [-0.2, 0) is 14.3 Å². The highest BCUT2D eigenvalue weighted by molar-refractivity contribution is 14.1. The number of rotatable bonds is 3. The summed E-state index contributed by atoms with van der Waals surface area (Å²) in [6.07, 6.45) is 4.97. The SMILES string of the molecule is O=C(CI)OC12CC3CC(C1)CC(C(=O)O)(C3)C2. The Hall–Kier alpha value is -0.330. The molecular weight excluding hydrogens is 347 g/mol. The minimum Gasteiger partial charge on any atom is -0.481 e. The second kappa shape index (κ2) is 4.08. The monoisotopic (exact) mass is 364 g/mol. The Kier molecular flexibility index (Phi) is 2.88. The Morgan fingerprint density at radius 2 is 1.83 bits per heavy atom. The zero-order valence-corrected chi connectivity index (χ0v) is 12.3. The number of ether oxygens (including phenoxy) is 1. The first-order valence-corrected chi connectivity index (χ1v) is 8.01. The van der Waals surface area contributed by atoms with Crippen LogP contribution in [0.15, 0.2) is 0 Å². The van der Waals surface area contributed by atoms with E-state index in [0.29, 0.717) is 22.7 Å². The van der Waals surface area contributed by atoms with Gasteiger partial charge in [-0.3, -0.25) is 9.59 Å². The molecule has 2 atom stereocenters. The van der Waals surface area contributed by atoms with Crippen molar-refractivity contribution in [2.24, 2.45) is 17.3 Å². The third-order valence-electron chi connectivity index (χ3n) is 4.90. The molecule has 2 unspecified atom stereocenters. The van der Waals surface area contributed by atoms with E-state index in [0.717, 1.165) is 32.1 Å². The molecule has 0 spiro atoms. The van der Waals surface area contributed by atoms with Crippen LogP contribution in [0.1, 0.15) is 38.5 Å². The van der Waals surface area contributed by atoms with Gasteiger partial charge in [0.1, 0.15) is 5.60 Å². The topological polar surface area (TPSA) is 63.6 Å². The van der Waals surface area contributed by atoms with Gasteiger partial charge in [0.15, 0.2) is 0 Å². The van der Waals surface area contributed by atoms with Crippen molar-refractivity contribution in [1.82, 2.24) is 0 Å². The number of carbonyl (C=O) groups is 2. The number of esters is 1. The largest absolute Gasteiger partial charge is 0.481 e. The van der Waals surface area contributed by atoms with Crippen LogP contribution in [0.25, 0.3) is 0 Å². The molecule has 0 aliphatic heterocycles. The molecule has 0 aromatic heterocycles. The second-order valence-corrected chi connectivity index (χ2v) is 7.10. The lowest BCUT2D eigenvalue weighted by molar-refractivity contribution is -0.208. The van der Waals surface area contributed by atoms with Crippen LogP contribution in [0, 0.1) is 17.3 Å². The lowest BCUT2D eigenvalue weighted by atomic mass is 9.48. The number of halogens is 1. The van der Waals surface area contributed by atoms with Crippen molar-refractivity contribution < 1.29 is 19.4 Å². The summed E-state index contributed by atoms with van der Waals surface area (Å²) >= 11 is 2.00. The summed E-state index contributed by atoms with van der Waals surface area (Å²) in [5, 5.41) is 9.54. The van der Waals surface area contributed by atoms with E-state index in [2.05, 4.69) is 0 Å². The molecule has 1 N–H and O–H groups in total. The predicted octanol–water partition coefficient (Wildman–Crippen LogP) is 2.39. The van der Waals surface area contributed by atoms with Crippen LogP contribution in [0.5, 0.6) is 0 Å². The van der Waals surface area contributed by atoms with Gasteiger partial charge in [-0.1, -0.05) is 22.6 Å². The van der Waals surface area contributed by atoms with Gasteiger partial charge < -0.3 is 9.84 Å². The number of carboxylic acid groups (broad SMARTS) is 1. The highest BCUT2D eigenvalue weighted by Gasteiger charge is 2.62. The van der Waals surface area contributed by atoms with Crippen molar-refractivity contribution in [3.05, 3.63) is 0 Å². The van der Waals surface area contributed by atoms with Crippen LogP contribution < -0.4 is 0 Å². The van der Waals surface area contributed by atoms with Crippen LogP contribution in [0.4, 0.5) is 0 Å². The van der Waals surface area contributed by atoms with Gasteiger partial charge >= 0.3 is 11.9 Å². The van der Waals surface area contributed by atoms with Crippen molar-refractivity contribution in [2.75, 3.05) is 4.43 Å². The average molecular weight is 364 g/mol. The standard InChI is InChI=1S/C13H17IO4/c14-6-10(15)18-13-4-8-1-9(5-13)3-12(2-8,7-13)11(16)17/h8-9H,1-7H2,(H,16,17). The fraction of sp³-hybridized carbons (Fsp3) is 0.846. The summed E-state index contributed by atoms with van der Waals surface area (Å²) in [6, 6.07) is 0. The van der Waals surface area contributed by atoms with E-state index in [4.69, 9.17) is 4.74 Å². The Labute approximate surface area is 120 Å². The second-order valence-electron chi connectivity index (χ2n) is 6.34. The van der Waals surface area contributed by atoms with Gasteiger partial charge in [0.25, 0.3) is 0 Å². The third-order valence-corrected chi connectivity index (χ3v) is 5.52. The first kappa shape index (κ1) is 12.7. The van der Waals surface area contributed by atoms with E-state index in [9.17, 15) is 14.7 Å². The van der Waals surface area contributed by atoms with E-state index in [1.165, 1.54) is 0 Å². The molecule has 0 radical (unpaired) electrons. The van der Waals surface area contributed by atoms with E-state index < -0.39 is 17.0 Å². The normalized spacial score (nSPS) is 44.9. The molecule has 4 saturated carbocycles. The van der Waals surface area contributed by atoms with Crippen molar-refractivity contribution in [2.45, 2.75) is 44.1 Å². The summed E-state index contributed by atoms with van der Waals surface area (Å²) in [5.41, 5.74) is -1.08. The molecule has 4 fully saturated rings. The predicted molar refractivity (Wildman–Crippen MR) is 72.5 cm³/mol. The van der Waals surface area contributed by atoms with Crippen LogP contribution in [-0.4, -0.2) is 27.1 Å². The van der Waals surface area contributed by atoms with Crippen LogP contribution in [0.2, 0.25) is 0 Å². The molecule has 5 heteroatoms. The number of carbonyl (C=O) groups excluding carboxylic acids is 1. The van der Waals surface area contributed by atoms with E-state index in [-0.39, 0.29) is 5.97 Å². The Balaban J connectivity index is 1.89. The lowest BCUT2D eigenvalue weighted by Crippen LogP contribution is -2.59. The quantitative estimate of drug-likeness (QED) is 0.475. The summed E-state index contributed by atoms with van der Waals surface area (Å²) in [4.78, 5) is 23.2. The Bertz CT molecular complexity index is 392. The summed E-state index contributed by atoms with van der Waals surface area (Å²) in [5.74, 6) is -0.0155. The zero-order chi connectivity index (χ0) is 13.0. The first-order valence-electron chi connectivity index (χ1n) is 6.48. The number of hydrogen-bond donors (Lipinski definition) is 1. The van der Waals surface area contributed by atoms with Gasteiger partial charge in [-0.2, -0.15) is 0 Å². The fourth-order valence-electron chi connectivity index (χ4n) is 4.82. The maximum atomic E-state index is 11.6. The number of carboxylic acids is 1. The van der Waals surface area contributed by atoms with Gasteiger partial charge in [0.05, 0.1) is 9.84 Å². The molecule has 0 heterocycles. The van der Waals surface area contributed by atoms with E-state index in [1.807, 2.05) is 22.6 Å².